The average molecular weight is 339 g/mol. The molecule has 0 unspecified atom stereocenters. The Balaban J connectivity index is 1.74. The fourth-order valence-electron chi connectivity index (χ4n) is 3.62. The van der Waals surface area contributed by atoms with Crippen molar-refractivity contribution in [2.75, 3.05) is 0 Å². The normalized spacial score (nSPS) is 18.5. The molecule has 5 heteroatoms. The maximum absolute atomic E-state index is 13.1. The van der Waals surface area contributed by atoms with Crippen LogP contribution < -0.4 is 5.56 Å². The molecule has 4 rings (SSSR count). The number of fused-ring (bicyclic) bond motifs is 3. The number of aryl methyl sites for hydroxylation is 1. The first-order valence-electron chi connectivity index (χ1n) is 8.53. The summed E-state index contributed by atoms with van der Waals surface area (Å²) >= 11 is 1.71. The first-order valence-corrected chi connectivity index (χ1v) is 9.35. The third-order valence-electron chi connectivity index (χ3n) is 4.97. The molecule has 4 nitrogen and oxygen atoms in total. The molecule has 1 aliphatic rings. The van der Waals surface area contributed by atoms with Crippen LogP contribution in [-0.4, -0.2) is 14.5 Å². The van der Waals surface area contributed by atoms with Crippen LogP contribution in [-0.2, 0) is 19.3 Å². The second-order valence-electron chi connectivity index (χ2n) is 6.90. The number of hydrogen-bond acceptors (Lipinski definition) is 4. The van der Waals surface area contributed by atoms with Crippen molar-refractivity contribution in [3.63, 3.8) is 0 Å². The summed E-state index contributed by atoms with van der Waals surface area (Å²) in [5.41, 5.74) is 2.51. The Morgan fingerprint density at radius 1 is 1.46 bits per heavy atom. The third-order valence-corrected chi connectivity index (χ3v) is 6.13. The average Bonchev–Trinajstić information content (AvgIpc) is 2.94. The lowest BCUT2D eigenvalue weighted by Gasteiger charge is -2.18. The maximum atomic E-state index is 13.1. The Kier molecular flexibility index (Phi) is 3.96. The molecular weight excluding hydrogens is 318 g/mol. The van der Waals surface area contributed by atoms with Gasteiger partial charge in [0.05, 0.1) is 11.7 Å². The van der Waals surface area contributed by atoms with E-state index in [1.165, 1.54) is 16.9 Å². The van der Waals surface area contributed by atoms with Crippen molar-refractivity contribution < 1.29 is 0 Å². The van der Waals surface area contributed by atoms with Crippen LogP contribution in [0.1, 0.15) is 42.3 Å². The minimum atomic E-state index is 0.0664. The van der Waals surface area contributed by atoms with Crippen LogP contribution >= 0.6 is 11.3 Å². The Morgan fingerprint density at radius 3 is 3.12 bits per heavy atom. The molecule has 0 aromatic carbocycles. The smallest absolute Gasteiger partial charge is 0.262 e. The zero-order chi connectivity index (χ0) is 16.7. The van der Waals surface area contributed by atoms with E-state index in [1.54, 1.807) is 28.4 Å². The topological polar surface area (TPSA) is 47.8 Å². The van der Waals surface area contributed by atoms with Gasteiger partial charge >= 0.3 is 0 Å². The first-order chi connectivity index (χ1) is 11.6. The summed E-state index contributed by atoms with van der Waals surface area (Å²) in [7, 11) is 0. The van der Waals surface area contributed by atoms with Crippen molar-refractivity contribution >= 4 is 21.6 Å². The second kappa shape index (κ2) is 6.13. The number of aromatic nitrogens is 3. The molecule has 0 radical (unpaired) electrons. The molecule has 3 aromatic rings. The molecule has 0 N–H and O–H groups in total. The number of hydrogen-bond donors (Lipinski definition) is 0. The number of thiophene rings is 1. The molecule has 124 valence electrons. The van der Waals surface area contributed by atoms with E-state index in [4.69, 9.17) is 0 Å². The van der Waals surface area contributed by atoms with Gasteiger partial charge in [-0.3, -0.25) is 14.3 Å². The van der Waals surface area contributed by atoms with E-state index in [9.17, 15) is 4.79 Å². The van der Waals surface area contributed by atoms with Gasteiger partial charge < -0.3 is 0 Å². The van der Waals surface area contributed by atoms with Crippen molar-refractivity contribution in [2.45, 2.75) is 45.6 Å². The van der Waals surface area contributed by atoms with E-state index in [1.807, 2.05) is 18.3 Å². The van der Waals surface area contributed by atoms with E-state index in [0.717, 1.165) is 35.0 Å². The zero-order valence-corrected chi connectivity index (χ0v) is 14.8. The molecule has 0 bridgehead atoms. The van der Waals surface area contributed by atoms with E-state index in [-0.39, 0.29) is 11.6 Å². The molecule has 3 heterocycles. The highest BCUT2D eigenvalue weighted by atomic mass is 32.1. The van der Waals surface area contributed by atoms with Crippen molar-refractivity contribution in [3.8, 4) is 0 Å². The Labute approximate surface area is 145 Å². The van der Waals surface area contributed by atoms with Gasteiger partial charge in [-0.2, -0.15) is 0 Å². The molecular formula is C19H21N3OS. The van der Waals surface area contributed by atoms with Gasteiger partial charge in [0.25, 0.3) is 5.56 Å². The fraction of sp³-hybridized carbons (Fsp3) is 0.421. The molecule has 2 atom stereocenters. The van der Waals surface area contributed by atoms with Crippen LogP contribution in [0.3, 0.4) is 0 Å². The van der Waals surface area contributed by atoms with E-state index >= 15 is 0 Å². The summed E-state index contributed by atoms with van der Waals surface area (Å²) < 4.78 is 1.79. The second-order valence-corrected chi connectivity index (χ2v) is 7.99. The highest BCUT2D eigenvalue weighted by molar-refractivity contribution is 7.18. The summed E-state index contributed by atoms with van der Waals surface area (Å²) in [5.74, 6) is 0.706. The van der Waals surface area contributed by atoms with Gasteiger partial charge in [-0.1, -0.05) is 13.0 Å². The van der Waals surface area contributed by atoms with Crippen molar-refractivity contribution in [1.82, 2.24) is 14.5 Å². The maximum Gasteiger partial charge on any atom is 0.262 e. The number of pyridine rings is 1. The monoisotopic (exact) mass is 339 g/mol. The summed E-state index contributed by atoms with van der Waals surface area (Å²) in [6, 6.07) is 4.05. The lowest BCUT2D eigenvalue weighted by atomic mass is 9.89. The zero-order valence-electron chi connectivity index (χ0n) is 14.0. The van der Waals surface area contributed by atoms with Gasteiger partial charge in [0.15, 0.2) is 0 Å². The first kappa shape index (κ1) is 15.5. The van der Waals surface area contributed by atoms with Crippen LogP contribution in [0, 0.1) is 5.92 Å². The van der Waals surface area contributed by atoms with Gasteiger partial charge in [0.2, 0.25) is 0 Å². The van der Waals surface area contributed by atoms with Gasteiger partial charge in [-0.25, -0.2) is 4.98 Å². The Bertz CT molecular complexity index is 929. The molecule has 0 spiro atoms. The highest BCUT2D eigenvalue weighted by Gasteiger charge is 2.23. The summed E-state index contributed by atoms with van der Waals surface area (Å²) in [5, 5.41) is 0.863. The highest BCUT2D eigenvalue weighted by Crippen LogP contribution is 2.35. The SMILES string of the molecule is C[C@H]1CCc2c(sc3ncn([C@H](C)Cc4cccnc4)c(=O)c23)C1. The van der Waals surface area contributed by atoms with E-state index in [2.05, 4.69) is 23.8 Å². The van der Waals surface area contributed by atoms with Crippen LogP contribution in [0.2, 0.25) is 0 Å². The summed E-state index contributed by atoms with van der Waals surface area (Å²) in [6.45, 7) is 4.36. The molecule has 1 aliphatic carbocycles. The molecule has 0 aliphatic heterocycles. The van der Waals surface area contributed by atoms with E-state index in [0.29, 0.717) is 5.92 Å². The fourth-order valence-corrected chi connectivity index (χ4v) is 4.96. The largest absolute Gasteiger partial charge is 0.295 e. The van der Waals surface area contributed by atoms with Crippen LogP contribution in [0.25, 0.3) is 10.2 Å². The van der Waals surface area contributed by atoms with Crippen molar-refractivity contribution in [3.05, 3.63) is 57.2 Å². The molecule has 0 saturated carbocycles. The Hall–Kier alpha value is -2.01. The Morgan fingerprint density at radius 2 is 2.33 bits per heavy atom. The number of rotatable bonds is 3. The molecule has 0 amide bonds. The van der Waals surface area contributed by atoms with Gasteiger partial charge in [-0.05, 0) is 55.7 Å². The van der Waals surface area contributed by atoms with Crippen molar-refractivity contribution in [2.24, 2.45) is 5.92 Å². The lowest BCUT2D eigenvalue weighted by Crippen LogP contribution is -2.25. The third kappa shape index (κ3) is 2.67. The molecule has 0 fully saturated rings. The quantitative estimate of drug-likeness (QED) is 0.729. The lowest BCUT2D eigenvalue weighted by molar-refractivity contribution is 0.507. The predicted molar refractivity (Wildman–Crippen MR) is 97.7 cm³/mol. The molecule has 3 aromatic heterocycles. The molecule has 0 saturated heterocycles. The standard InChI is InChI=1S/C19H21N3OS/c1-12-5-6-15-16(8-12)24-18-17(15)19(23)22(11-21-18)13(2)9-14-4-3-7-20-10-14/h3-4,7,10-13H,5-6,8-9H2,1-2H3/t12-,13+/m0/s1. The van der Waals surface area contributed by atoms with Crippen LogP contribution in [0.5, 0.6) is 0 Å². The summed E-state index contributed by atoms with van der Waals surface area (Å²) in [4.78, 5) is 24.1. The van der Waals surface area contributed by atoms with Crippen molar-refractivity contribution in [1.29, 1.82) is 0 Å². The van der Waals surface area contributed by atoms with E-state index < -0.39 is 0 Å². The minimum absolute atomic E-state index is 0.0664. The number of nitrogens with zero attached hydrogens (tertiary/aromatic N) is 3. The van der Waals surface area contributed by atoms with Gasteiger partial charge in [0, 0.05) is 23.3 Å². The van der Waals surface area contributed by atoms with Crippen LogP contribution in [0.4, 0.5) is 0 Å². The molecule has 24 heavy (non-hydrogen) atoms. The predicted octanol–water partition coefficient (Wildman–Crippen LogP) is 3.78. The minimum Gasteiger partial charge on any atom is -0.295 e. The van der Waals surface area contributed by atoms with Crippen LogP contribution in [0.15, 0.2) is 35.6 Å². The van der Waals surface area contributed by atoms with Gasteiger partial charge in [0.1, 0.15) is 4.83 Å². The van der Waals surface area contributed by atoms with Gasteiger partial charge in [-0.15, -0.1) is 11.3 Å². The summed E-state index contributed by atoms with van der Waals surface area (Å²) in [6.07, 6.45) is 9.39.